The van der Waals surface area contributed by atoms with Crippen molar-refractivity contribution in [2.24, 2.45) is 0 Å². The number of aromatic nitrogens is 2. The number of amides is 1. The normalized spacial score (nSPS) is 10.5. The molecule has 144 valence electrons. The maximum absolute atomic E-state index is 11.6. The number of benzene rings is 2. The zero-order chi connectivity index (χ0) is 20.1. The van der Waals surface area contributed by atoms with E-state index in [1.165, 1.54) is 25.2 Å². The third-order valence-corrected chi connectivity index (χ3v) is 4.16. The first-order valence-corrected chi connectivity index (χ1v) is 8.68. The van der Waals surface area contributed by atoms with Crippen molar-refractivity contribution in [1.82, 2.24) is 15.5 Å². The second-order valence-electron chi connectivity index (χ2n) is 5.76. The molecule has 9 nitrogen and oxygen atoms in total. The summed E-state index contributed by atoms with van der Waals surface area (Å²) in [6.07, 6.45) is 0.370. The quantitative estimate of drug-likeness (QED) is 0.459. The summed E-state index contributed by atoms with van der Waals surface area (Å²) in [7, 11) is 1.46. The molecule has 2 N–H and O–H groups in total. The van der Waals surface area contributed by atoms with Crippen molar-refractivity contribution >= 4 is 28.9 Å². The third kappa shape index (κ3) is 4.44. The van der Waals surface area contributed by atoms with Gasteiger partial charge in [0.15, 0.2) is 0 Å². The summed E-state index contributed by atoms with van der Waals surface area (Å²) in [6, 6.07) is 11.3. The topological polar surface area (TPSA) is 123 Å². The van der Waals surface area contributed by atoms with Crippen LogP contribution >= 0.6 is 11.6 Å². The van der Waals surface area contributed by atoms with E-state index in [1.54, 1.807) is 24.3 Å². The first-order valence-electron chi connectivity index (χ1n) is 8.31. The molecule has 1 aromatic heterocycles. The van der Waals surface area contributed by atoms with E-state index >= 15 is 0 Å². The van der Waals surface area contributed by atoms with E-state index in [0.717, 1.165) is 5.56 Å². The Hall–Kier alpha value is -3.46. The molecule has 0 aliphatic rings. The number of nitrogens with zero attached hydrogens (tertiary/aromatic N) is 3. The zero-order valence-corrected chi connectivity index (χ0v) is 15.6. The van der Waals surface area contributed by atoms with Crippen molar-refractivity contribution in [3.63, 3.8) is 0 Å². The lowest BCUT2D eigenvalue weighted by atomic mass is 10.1. The Morgan fingerprint density at radius 3 is 2.68 bits per heavy atom. The Balaban J connectivity index is 1.66. The highest BCUT2D eigenvalue weighted by atomic mass is 35.5. The van der Waals surface area contributed by atoms with E-state index in [2.05, 4.69) is 20.8 Å². The number of carbonyl (C=O) groups is 1. The number of nitrogens with one attached hydrogen (secondary N) is 2. The van der Waals surface area contributed by atoms with Crippen LogP contribution in [0.3, 0.4) is 0 Å². The average Bonchev–Trinajstić information content (AvgIpc) is 3.17. The van der Waals surface area contributed by atoms with Gasteiger partial charge in [-0.15, -0.1) is 0 Å². The lowest BCUT2D eigenvalue weighted by Crippen LogP contribution is -2.18. The van der Waals surface area contributed by atoms with Gasteiger partial charge in [0.05, 0.1) is 4.92 Å². The lowest BCUT2D eigenvalue weighted by Gasteiger charge is -2.07. The van der Waals surface area contributed by atoms with Gasteiger partial charge in [0.1, 0.15) is 5.69 Å². The summed E-state index contributed by atoms with van der Waals surface area (Å²) in [5.74, 6) is 0.435. The molecule has 28 heavy (non-hydrogen) atoms. The van der Waals surface area contributed by atoms with Gasteiger partial charge in [-0.05, 0) is 36.4 Å². The van der Waals surface area contributed by atoms with Gasteiger partial charge >= 0.3 is 0 Å². The van der Waals surface area contributed by atoms with Gasteiger partial charge in [-0.25, -0.2) is 0 Å². The highest BCUT2D eigenvalue weighted by Gasteiger charge is 2.17. The molecule has 0 bridgehead atoms. The van der Waals surface area contributed by atoms with Crippen molar-refractivity contribution < 1.29 is 14.2 Å². The van der Waals surface area contributed by atoms with Crippen molar-refractivity contribution in [3.8, 4) is 11.4 Å². The molecular weight excluding hydrogens is 386 g/mol. The molecule has 0 spiro atoms. The molecule has 0 aliphatic heterocycles. The Labute approximate surface area is 164 Å². The summed E-state index contributed by atoms with van der Waals surface area (Å²) in [4.78, 5) is 26.7. The Bertz CT molecular complexity index is 1000. The molecule has 1 amide bonds. The summed E-state index contributed by atoms with van der Waals surface area (Å²) < 4.78 is 5.21. The molecule has 0 aliphatic carbocycles. The average molecular weight is 402 g/mol. The Morgan fingerprint density at radius 1 is 1.25 bits per heavy atom. The third-order valence-electron chi connectivity index (χ3n) is 3.91. The molecule has 3 rings (SSSR count). The van der Waals surface area contributed by atoms with Crippen LogP contribution in [0.1, 0.15) is 16.2 Å². The number of hydrogen-bond acceptors (Lipinski definition) is 7. The maximum atomic E-state index is 11.6. The number of halogens is 1. The van der Waals surface area contributed by atoms with Gasteiger partial charge in [0.25, 0.3) is 11.6 Å². The van der Waals surface area contributed by atoms with E-state index in [-0.39, 0.29) is 11.3 Å². The maximum Gasteiger partial charge on any atom is 0.293 e. The predicted molar refractivity (Wildman–Crippen MR) is 103 cm³/mol. The second kappa shape index (κ2) is 8.49. The molecule has 0 atom stereocenters. The molecule has 0 fully saturated rings. The number of carbonyl (C=O) groups excluding carboxylic acids is 1. The van der Waals surface area contributed by atoms with Crippen LogP contribution in [0.15, 0.2) is 47.0 Å². The molecule has 1 heterocycles. The number of hydrogen-bond donors (Lipinski definition) is 2. The minimum Gasteiger partial charge on any atom is -0.379 e. The standard InChI is InChI=1S/C18H16ClN5O4/c1-20-18(25)12-4-7-14(15(10-12)24(26)27)21-9-8-16-22-17(23-28-16)11-2-5-13(19)6-3-11/h2-7,10,21H,8-9H2,1H3,(H,20,25). The van der Waals surface area contributed by atoms with Crippen LogP contribution in [0.5, 0.6) is 0 Å². The molecule has 0 saturated carbocycles. The van der Waals surface area contributed by atoms with Crippen molar-refractivity contribution in [2.75, 3.05) is 18.9 Å². The van der Waals surface area contributed by atoms with Crippen LogP contribution in [0.25, 0.3) is 11.4 Å². The largest absolute Gasteiger partial charge is 0.379 e. The Morgan fingerprint density at radius 2 is 2.00 bits per heavy atom. The van der Waals surface area contributed by atoms with Gasteiger partial charge in [-0.1, -0.05) is 16.8 Å². The van der Waals surface area contributed by atoms with Crippen LogP contribution < -0.4 is 10.6 Å². The van der Waals surface area contributed by atoms with Crippen LogP contribution in [-0.2, 0) is 6.42 Å². The number of nitro benzene ring substituents is 1. The minimum absolute atomic E-state index is 0.187. The molecule has 10 heteroatoms. The van der Waals surface area contributed by atoms with Crippen LogP contribution in [0.2, 0.25) is 5.02 Å². The van der Waals surface area contributed by atoms with E-state index in [1.807, 2.05) is 0 Å². The zero-order valence-electron chi connectivity index (χ0n) is 14.8. The summed E-state index contributed by atoms with van der Waals surface area (Å²) in [5.41, 5.74) is 1.10. The molecule has 3 aromatic rings. The first kappa shape index (κ1) is 19.3. The van der Waals surface area contributed by atoms with Crippen LogP contribution in [0, 0.1) is 10.1 Å². The monoisotopic (exact) mass is 401 g/mol. The summed E-state index contributed by atoms with van der Waals surface area (Å²) >= 11 is 5.86. The minimum atomic E-state index is -0.542. The lowest BCUT2D eigenvalue weighted by molar-refractivity contribution is -0.384. The second-order valence-corrected chi connectivity index (χ2v) is 6.20. The van der Waals surface area contributed by atoms with Gasteiger partial charge < -0.3 is 15.2 Å². The van der Waals surface area contributed by atoms with Gasteiger partial charge in [0, 0.05) is 42.2 Å². The Kier molecular flexibility index (Phi) is 5.85. The highest BCUT2D eigenvalue weighted by molar-refractivity contribution is 6.30. The highest BCUT2D eigenvalue weighted by Crippen LogP contribution is 2.25. The molecule has 0 unspecified atom stereocenters. The van der Waals surface area contributed by atoms with Gasteiger partial charge in [-0.3, -0.25) is 14.9 Å². The summed E-state index contributed by atoms with van der Waals surface area (Å²) in [6.45, 7) is 0.336. The van der Waals surface area contributed by atoms with E-state index in [9.17, 15) is 14.9 Å². The number of rotatable bonds is 7. The molecular formula is C18H16ClN5O4. The van der Waals surface area contributed by atoms with Gasteiger partial charge in [-0.2, -0.15) is 4.98 Å². The fourth-order valence-electron chi connectivity index (χ4n) is 2.49. The van der Waals surface area contributed by atoms with E-state index < -0.39 is 10.8 Å². The molecule has 2 aromatic carbocycles. The predicted octanol–water partition coefficient (Wildman–Crippen LogP) is 3.31. The summed E-state index contributed by atoms with van der Waals surface area (Å²) in [5, 5.41) is 21.2. The SMILES string of the molecule is CNC(=O)c1ccc(NCCc2nc(-c3ccc(Cl)cc3)no2)c([N+](=O)[O-])c1. The first-order chi connectivity index (χ1) is 13.5. The fourth-order valence-corrected chi connectivity index (χ4v) is 2.62. The van der Waals surface area contributed by atoms with Crippen molar-refractivity contribution in [1.29, 1.82) is 0 Å². The van der Waals surface area contributed by atoms with Crippen molar-refractivity contribution in [3.05, 3.63) is 69.1 Å². The smallest absolute Gasteiger partial charge is 0.293 e. The number of anilines is 1. The molecule has 0 saturated heterocycles. The van der Waals surface area contributed by atoms with Crippen LogP contribution in [-0.4, -0.2) is 34.6 Å². The van der Waals surface area contributed by atoms with E-state index in [4.69, 9.17) is 16.1 Å². The van der Waals surface area contributed by atoms with Crippen molar-refractivity contribution in [2.45, 2.75) is 6.42 Å². The van der Waals surface area contributed by atoms with Crippen LogP contribution in [0.4, 0.5) is 11.4 Å². The van der Waals surface area contributed by atoms with Gasteiger partial charge in [0.2, 0.25) is 11.7 Å². The van der Waals surface area contributed by atoms with E-state index in [0.29, 0.717) is 35.4 Å². The fraction of sp³-hybridized carbons (Fsp3) is 0.167. The number of nitro groups is 1. The molecule has 0 radical (unpaired) electrons.